The summed E-state index contributed by atoms with van der Waals surface area (Å²) >= 11 is 0. The van der Waals surface area contributed by atoms with Crippen LogP contribution in [0.25, 0.3) is 23.1 Å². The van der Waals surface area contributed by atoms with Crippen LogP contribution >= 0.6 is 0 Å². The molecular formula is C33H24FN3. The molecule has 4 aromatic carbocycles. The Morgan fingerprint density at radius 1 is 0.622 bits per heavy atom. The quantitative estimate of drug-likeness (QED) is 0.230. The van der Waals surface area contributed by atoms with E-state index in [1.54, 1.807) is 18.5 Å². The van der Waals surface area contributed by atoms with E-state index in [1.165, 1.54) is 6.07 Å². The number of fused-ring (bicyclic) bond motifs is 1. The van der Waals surface area contributed by atoms with Gasteiger partial charge in [-0.3, -0.25) is 4.98 Å². The van der Waals surface area contributed by atoms with E-state index in [0.29, 0.717) is 11.2 Å². The Hall–Kier alpha value is -4.83. The number of halogens is 1. The van der Waals surface area contributed by atoms with E-state index in [2.05, 4.69) is 41.4 Å². The molecule has 37 heavy (non-hydrogen) atoms. The minimum atomic E-state index is -0.912. The number of rotatable bonds is 6. The summed E-state index contributed by atoms with van der Waals surface area (Å²) in [4.78, 5) is 4.20. The van der Waals surface area contributed by atoms with Crippen LogP contribution in [0, 0.1) is 5.82 Å². The smallest absolute Gasteiger partial charge is 0.149 e. The Morgan fingerprint density at radius 3 is 1.76 bits per heavy atom. The molecule has 178 valence electrons. The van der Waals surface area contributed by atoms with Crippen molar-refractivity contribution in [2.45, 2.75) is 5.54 Å². The van der Waals surface area contributed by atoms with Crippen molar-refractivity contribution in [2.24, 2.45) is 0 Å². The zero-order valence-corrected chi connectivity index (χ0v) is 20.1. The second-order valence-corrected chi connectivity index (χ2v) is 8.86. The van der Waals surface area contributed by atoms with Gasteiger partial charge in [-0.05, 0) is 40.5 Å². The summed E-state index contributed by atoms with van der Waals surface area (Å²) in [5.74, 6) is -0.321. The first-order valence-corrected chi connectivity index (χ1v) is 12.2. The topological polar surface area (TPSA) is 30.7 Å². The Labute approximate surface area is 215 Å². The normalized spacial score (nSPS) is 11.8. The monoisotopic (exact) mass is 481 g/mol. The number of hydrogen-bond donors (Lipinski definition) is 0. The van der Waals surface area contributed by atoms with Gasteiger partial charge in [0, 0.05) is 17.8 Å². The lowest BCUT2D eigenvalue weighted by Gasteiger charge is -2.37. The van der Waals surface area contributed by atoms with E-state index < -0.39 is 5.54 Å². The number of aromatic nitrogens is 3. The van der Waals surface area contributed by atoms with Gasteiger partial charge in [0.05, 0.1) is 5.69 Å². The van der Waals surface area contributed by atoms with Crippen LogP contribution in [0.4, 0.5) is 4.39 Å². The number of pyridine rings is 1. The lowest BCUT2D eigenvalue weighted by Crippen LogP contribution is -2.38. The fourth-order valence-corrected chi connectivity index (χ4v) is 5.07. The summed E-state index contributed by atoms with van der Waals surface area (Å²) in [6.07, 6.45) is 7.42. The van der Waals surface area contributed by atoms with E-state index in [1.807, 2.05) is 89.6 Å². The Balaban J connectivity index is 1.73. The fourth-order valence-electron chi connectivity index (χ4n) is 5.07. The van der Waals surface area contributed by atoms with Gasteiger partial charge in [-0.15, -0.1) is 0 Å². The zero-order valence-electron chi connectivity index (χ0n) is 20.1. The van der Waals surface area contributed by atoms with Gasteiger partial charge in [-0.25, -0.2) is 9.07 Å². The standard InChI is InChI=1S/C33H24FN3/c34-30-20-10-19-29-31(22-21-25-12-11-23-35-24-25)36-37(32(29)30)33(26-13-4-1-5-14-26,27-15-6-2-7-16-27)28-17-8-3-9-18-28/h1-24H/b22-21+. The second-order valence-electron chi connectivity index (χ2n) is 8.86. The fraction of sp³-hybridized carbons (Fsp3) is 0.0303. The Kier molecular flexibility index (Phi) is 5.91. The van der Waals surface area contributed by atoms with E-state index in [9.17, 15) is 0 Å². The van der Waals surface area contributed by atoms with Crippen LogP contribution in [0.15, 0.2) is 134 Å². The van der Waals surface area contributed by atoms with Crippen molar-refractivity contribution in [3.8, 4) is 0 Å². The molecule has 6 rings (SSSR count). The maximum atomic E-state index is 15.8. The molecule has 0 spiro atoms. The highest BCUT2D eigenvalue weighted by atomic mass is 19.1. The van der Waals surface area contributed by atoms with Crippen molar-refractivity contribution < 1.29 is 4.39 Å². The number of nitrogens with zero attached hydrogens (tertiary/aromatic N) is 3. The first-order chi connectivity index (χ1) is 18.3. The molecule has 0 bridgehead atoms. The molecule has 2 heterocycles. The van der Waals surface area contributed by atoms with E-state index in [4.69, 9.17) is 5.10 Å². The van der Waals surface area contributed by atoms with Crippen molar-refractivity contribution >= 4 is 23.1 Å². The predicted octanol–water partition coefficient (Wildman–Crippen LogP) is 7.58. The second kappa shape index (κ2) is 9.67. The van der Waals surface area contributed by atoms with Crippen LogP contribution in [0.2, 0.25) is 0 Å². The minimum absolute atomic E-state index is 0.321. The molecule has 4 heteroatoms. The first kappa shape index (κ1) is 22.6. The lowest BCUT2D eigenvalue weighted by atomic mass is 9.77. The van der Waals surface area contributed by atoms with Crippen molar-refractivity contribution in [2.75, 3.05) is 0 Å². The molecule has 0 atom stereocenters. The zero-order chi connectivity index (χ0) is 25.1. The van der Waals surface area contributed by atoms with Gasteiger partial charge in [0.15, 0.2) is 0 Å². The molecule has 0 aliphatic rings. The molecule has 0 unspecified atom stereocenters. The third-order valence-electron chi connectivity index (χ3n) is 6.69. The van der Waals surface area contributed by atoms with E-state index in [0.717, 1.165) is 27.6 Å². The first-order valence-electron chi connectivity index (χ1n) is 12.2. The van der Waals surface area contributed by atoms with Crippen LogP contribution < -0.4 is 0 Å². The van der Waals surface area contributed by atoms with E-state index >= 15 is 4.39 Å². The molecule has 0 amide bonds. The number of hydrogen-bond acceptors (Lipinski definition) is 2. The van der Waals surface area contributed by atoms with Crippen LogP contribution in [-0.2, 0) is 5.54 Å². The van der Waals surface area contributed by atoms with Crippen LogP contribution in [0.1, 0.15) is 27.9 Å². The predicted molar refractivity (Wildman–Crippen MR) is 147 cm³/mol. The lowest BCUT2D eigenvalue weighted by molar-refractivity contribution is 0.467. The molecule has 0 radical (unpaired) electrons. The van der Waals surface area contributed by atoms with Crippen molar-refractivity contribution in [3.05, 3.63) is 167 Å². The maximum Gasteiger partial charge on any atom is 0.149 e. The average Bonchev–Trinajstić information content (AvgIpc) is 3.35. The van der Waals surface area contributed by atoms with Gasteiger partial charge in [0.1, 0.15) is 16.9 Å². The third-order valence-corrected chi connectivity index (χ3v) is 6.69. The summed E-state index contributed by atoms with van der Waals surface area (Å²) in [7, 11) is 0. The maximum absolute atomic E-state index is 15.8. The molecular weight excluding hydrogens is 457 g/mol. The summed E-state index contributed by atoms with van der Waals surface area (Å²) < 4.78 is 17.7. The third kappa shape index (κ3) is 3.93. The number of benzene rings is 4. The van der Waals surface area contributed by atoms with Crippen molar-refractivity contribution in [1.82, 2.24) is 14.8 Å². The van der Waals surface area contributed by atoms with Gasteiger partial charge in [-0.2, -0.15) is 5.10 Å². The molecule has 0 N–H and O–H groups in total. The van der Waals surface area contributed by atoms with Gasteiger partial charge in [-0.1, -0.05) is 115 Å². The van der Waals surface area contributed by atoms with Crippen LogP contribution in [0.5, 0.6) is 0 Å². The molecule has 3 nitrogen and oxygen atoms in total. The summed E-state index contributed by atoms with van der Waals surface area (Å²) in [6, 6.07) is 39.6. The minimum Gasteiger partial charge on any atom is -0.264 e. The molecule has 0 saturated heterocycles. The average molecular weight is 482 g/mol. The summed E-state index contributed by atoms with van der Waals surface area (Å²) in [5.41, 5.74) is 4.14. The van der Waals surface area contributed by atoms with Gasteiger partial charge < -0.3 is 0 Å². The molecule has 0 saturated carbocycles. The molecule has 0 aliphatic heterocycles. The molecule has 2 aromatic heterocycles. The van der Waals surface area contributed by atoms with Gasteiger partial charge in [0.25, 0.3) is 0 Å². The van der Waals surface area contributed by atoms with Crippen LogP contribution in [-0.4, -0.2) is 14.8 Å². The van der Waals surface area contributed by atoms with Gasteiger partial charge in [0.2, 0.25) is 0 Å². The molecule has 0 fully saturated rings. The highest BCUT2D eigenvalue weighted by Crippen LogP contribution is 2.43. The Morgan fingerprint density at radius 2 is 1.22 bits per heavy atom. The SMILES string of the molecule is Fc1cccc2c(/C=C/c3cccnc3)nn(C(c3ccccc3)(c3ccccc3)c3ccccc3)c12. The Bertz CT molecular complexity index is 1560. The van der Waals surface area contributed by atoms with Crippen molar-refractivity contribution in [3.63, 3.8) is 0 Å². The summed E-state index contributed by atoms with van der Waals surface area (Å²) in [6.45, 7) is 0. The largest absolute Gasteiger partial charge is 0.264 e. The van der Waals surface area contributed by atoms with E-state index in [-0.39, 0.29) is 5.82 Å². The highest BCUT2D eigenvalue weighted by molar-refractivity contribution is 5.91. The molecule has 0 aliphatic carbocycles. The van der Waals surface area contributed by atoms with Crippen LogP contribution in [0.3, 0.4) is 0 Å². The molecule has 6 aromatic rings. The van der Waals surface area contributed by atoms with Gasteiger partial charge >= 0.3 is 0 Å². The highest BCUT2D eigenvalue weighted by Gasteiger charge is 2.41. The number of para-hydroxylation sites is 1. The summed E-state index contributed by atoms with van der Waals surface area (Å²) in [5, 5.41) is 5.88. The van der Waals surface area contributed by atoms with Crippen molar-refractivity contribution in [1.29, 1.82) is 0 Å².